The molecule has 1 atom stereocenters. The highest BCUT2D eigenvalue weighted by Crippen LogP contribution is 2.31. The zero-order valence-electron chi connectivity index (χ0n) is 10.2. The molecule has 2 rings (SSSR count). The van der Waals surface area contributed by atoms with Crippen LogP contribution in [-0.4, -0.2) is 39.1 Å². The van der Waals surface area contributed by atoms with Gasteiger partial charge in [0.15, 0.2) is 9.84 Å². The quantitative estimate of drug-likeness (QED) is 0.843. The van der Waals surface area contributed by atoms with E-state index in [4.69, 9.17) is 27.9 Å². The number of hydrogen-bond acceptors (Lipinski definition) is 4. The molecule has 1 N–H and O–H groups in total. The first-order valence-corrected chi connectivity index (χ1v) is 8.56. The third kappa shape index (κ3) is 4.24. The zero-order chi connectivity index (χ0) is 13.9. The van der Waals surface area contributed by atoms with Crippen molar-refractivity contribution in [1.82, 2.24) is 5.32 Å². The lowest BCUT2D eigenvalue weighted by Gasteiger charge is -2.12. The van der Waals surface area contributed by atoms with E-state index in [2.05, 4.69) is 5.32 Å². The van der Waals surface area contributed by atoms with Crippen LogP contribution in [-0.2, 0) is 9.84 Å². The Hall–Kier alpha value is -0.490. The van der Waals surface area contributed by atoms with Crippen LogP contribution in [0.15, 0.2) is 18.2 Å². The lowest BCUT2D eigenvalue weighted by Crippen LogP contribution is -2.33. The molecule has 1 saturated heterocycles. The molecule has 1 aromatic rings. The Morgan fingerprint density at radius 1 is 1.37 bits per heavy atom. The second-order valence-corrected chi connectivity index (χ2v) is 7.47. The fourth-order valence-electron chi connectivity index (χ4n) is 1.98. The third-order valence-corrected chi connectivity index (χ3v) is 5.51. The highest BCUT2D eigenvalue weighted by Gasteiger charge is 2.27. The van der Waals surface area contributed by atoms with E-state index >= 15 is 0 Å². The van der Waals surface area contributed by atoms with Crippen molar-refractivity contribution in [1.29, 1.82) is 0 Å². The topological polar surface area (TPSA) is 55.4 Å². The molecule has 1 heterocycles. The maximum atomic E-state index is 11.3. The zero-order valence-corrected chi connectivity index (χ0v) is 12.6. The standard InChI is InChI=1S/C12H15Cl2NO3S/c13-10-2-1-3-11(12(10)14)18-6-5-15-9-4-7-19(16,17)8-9/h1-3,9,15H,4-8H2. The molecule has 0 amide bonds. The van der Waals surface area contributed by atoms with Crippen LogP contribution in [0.5, 0.6) is 5.75 Å². The van der Waals surface area contributed by atoms with Gasteiger partial charge in [-0.15, -0.1) is 0 Å². The Morgan fingerprint density at radius 2 is 2.16 bits per heavy atom. The van der Waals surface area contributed by atoms with Gasteiger partial charge in [0.05, 0.1) is 16.5 Å². The maximum Gasteiger partial charge on any atom is 0.151 e. The molecule has 1 aliphatic heterocycles. The van der Waals surface area contributed by atoms with Gasteiger partial charge in [-0.3, -0.25) is 0 Å². The van der Waals surface area contributed by atoms with Gasteiger partial charge in [0.25, 0.3) is 0 Å². The molecule has 19 heavy (non-hydrogen) atoms. The number of sulfone groups is 1. The summed E-state index contributed by atoms with van der Waals surface area (Å²) in [6.07, 6.45) is 0.667. The summed E-state index contributed by atoms with van der Waals surface area (Å²) in [5, 5.41) is 4.01. The predicted molar refractivity (Wildman–Crippen MR) is 77.0 cm³/mol. The summed E-state index contributed by atoms with van der Waals surface area (Å²) in [4.78, 5) is 0. The van der Waals surface area contributed by atoms with Crippen molar-refractivity contribution in [2.75, 3.05) is 24.7 Å². The van der Waals surface area contributed by atoms with E-state index in [1.807, 2.05) is 0 Å². The van der Waals surface area contributed by atoms with Crippen LogP contribution >= 0.6 is 23.2 Å². The average molecular weight is 324 g/mol. The number of hydrogen-bond donors (Lipinski definition) is 1. The van der Waals surface area contributed by atoms with Gasteiger partial charge < -0.3 is 10.1 Å². The first-order valence-electron chi connectivity index (χ1n) is 5.98. The van der Waals surface area contributed by atoms with Gasteiger partial charge in [-0.05, 0) is 18.6 Å². The van der Waals surface area contributed by atoms with Crippen LogP contribution in [0.4, 0.5) is 0 Å². The third-order valence-electron chi connectivity index (χ3n) is 2.94. The van der Waals surface area contributed by atoms with Crippen molar-refractivity contribution in [2.45, 2.75) is 12.5 Å². The Balaban J connectivity index is 1.74. The first-order chi connectivity index (χ1) is 8.98. The molecular weight excluding hydrogens is 309 g/mol. The summed E-state index contributed by atoms with van der Waals surface area (Å²) >= 11 is 11.8. The Morgan fingerprint density at radius 3 is 2.84 bits per heavy atom. The summed E-state index contributed by atoms with van der Waals surface area (Å²) in [6.45, 7) is 0.986. The van der Waals surface area contributed by atoms with E-state index in [1.165, 1.54) is 0 Å². The van der Waals surface area contributed by atoms with Gasteiger partial charge in [-0.2, -0.15) is 0 Å². The molecule has 0 aliphatic carbocycles. The summed E-state index contributed by atoms with van der Waals surface area (Å²) < 4.78 is 28.0. The van der Waals surface area contributed by atoms with Gasteiger partial charge in [-0.25, -0.2) is 8.42 Å². The van der Waals surface area contributed by atoms with Crippen molar-refractivity contribution >= 4 is 33.0 Å². The van der Waals surface area contributed by atoms with Crippen molar-refractivity contribution in [3.05, 3.63) is 28.2 Å². The molecule has 0 saturated carbocycles. The minimum Gasteiger partial charge on any atom is -0.491 e. The lowest BCUT2D eigenvalue weighted by atomic mass is 10.3. The Bertz CT molecular complexity index is 548. The first kappa shape index (κ1) is 14.9. The highest BCUT2D eigenvalue weighted by atomic mass is 35.5. The van der Waals surface area contributed by atoms with Crippen molar-refractivity contribution in [3.63, 3.8) is 0 Å². The second-order valence-electron chi connectivity index (χ2n) is 4.45. The van der Waals surface area contributed by atoms with Crippen LogP contribution < -0.4 is 10.1 Å². The van der Waals surface area contributed by atoms with Crippen molar-refractivity contribution < 1.29 is 13.2 Å². The molecule has 106 valence electrons. The normalized spacial score (nSPS) is 21.5. The summed E-state index contributed by atoms with van der Waals surface area (Å²) in [7, 11) is -2.84. The molecule has 0 aromatic heterocycles. The minimum atomic E-state index is -2.84. The number of ether oxygens (including phenoxy) is 1. The summed E-state index contributed by atoms with van der Waals surface area (Å²) in [5.74, 6) is 1.02. The number of nitrogens with one attached hydrogen (secondary N) is 1. The highest BCUT2D eigenvalue weighted by molar-refractivity contribution is 7.91. The molecule has 1 aromatic carbocycles. The fraction of sp³-hybridized carbons (Fsp3) is 0.500. The van der Waals surface area contributed by atoms with E-state index in [1.54, 1.807) is 18.2 Å². The minimum absolute atomic E-state index is 0.0310. The van der Waals surface area contributed by atoms with Gasteiger partial charge in [-0.1, -0.05) is 29.3 Å². The fourth-order valence-corrected chi connectivity index (χ4v) is 4.03. The van der Waals surface area contributed by atoms with E-state index in [9.17, 15) is 8.42 Å². The second kappa shape index (κ2) is 6.31. The van der Waals surface area contributed by atoms with Crippen LogP contribution in [0.2, 0.25) is 10.0 Å². The molecule has 1 aliphatic rings. The molecule has 1 fully saturated rings. The van der Waals surface area contributed by atoms with E-state index in [-0.39, 0.29) is 17.5 Å². The van der Waals surface area contributed by atoms with E-state index < -0.39 is 9.84 Å². The SMILES string of the molecule is O=S1(=O)CCC(NCCOc2cccc(Cl)c2Cl)C1. The van der Waals surface area contributed by atoms with Gasteiger partial charge in [0.2, 0.25) is 0 Å². The molecule has 0 spiro atoms. The average Bonchev–Trinajstić information content (AvgIpc) is 2.69. The van der Waals surface area contributed by atoms with Crippen LogP contribution in [0.1, 0.15) is 6.42 Å². The number of halogens is 2. The summed E-state index contributed by atoms with van der Waals surface area (Å²) in [5.41, 5.74) is 0. The largest absolute Gasteiger partial charge is 0.491 e. The monoisotopic (exact) mass is 323 g/mol. The predicted octanol–water partition coefficient (Wildman–Crippen LogP) is 2.15. The van der Waals surface area contributed by atoms with Gasteiger partial charge in [0, 0.05) is 12.6 Å². The molecular formula is C12H15Cl2NO3S. The molecule has 0 radical (unpaired) electrons. The number of benzene rings is 1. The Labute approximate surface area is 123 Å². The molecule has 4 nitrogen and oxygen atoms in total. The van der Waals surface area contributed by atoms with Crippen LogP contribution in [0, 0.1) is 0 Å². The van der Waals surface area contributed by atoms with E-state index in [0.717, 1.165) is 0 Å². The number of rotatable bonds is 5. The summed E-state index contributed by atoms with van der Waals surface area (Å²) in [6, 6.07) is 5.23. The maximum absolute atomic E-state index is 11.3. The van der Waals surface area contributed by atoms with Crippen LogP contribution in [0.25, 0.3) is 0 Å². The van der Waals surface area contributed by atoms with Crippen LogP contribution in [0.3, 0.4) is 0 Å². The molecule has 0 bridgehead atoms. The lowest BCUT2D eigenvalue weighted by molar-refractivity contribution is 0.307. The van der Waals surface area contributed by atoms with Gasteiger partial charge >= 0.3 is 0 Å². The molecule has 7 heteroatoms. The van der Waals surface area contributed by atoms with E-state index in [0.29, 0.717) is 35.4 Å². The van der Waals surface area contributed by atoms with Crippen molar-refractivity contribution in [3.8, 4) is 5.75 Å². The van der Waals surface area contributed by atoms with Gasteiger partial charge in [0.1, 0.15) is 17.4 Å². The Kier molecular flexibility index (Phi) is 4.95. The van der Waals surface area contributed by atoms with Crippen molar-refractivity contribution in [2.24, 2.45) is 0 Å². The smallest absolute Gasteiger partial charge is 0.151 e. The molecule has 1 unspecified atom stereocenters.